The zero-order chi connectivity index (χ0) is 22.4. The SMILES string of the molecule is O=C1C(c2cccs2)=C(N2CCc3ccccc3C2)C(=O)N1CCc1c[nH]c2ccccc12. The van der Waals surface area contributed by atoms with Gasteiger partial charge in [0.25, 0.3) is 11.8 Å². The minimum Gasteiger partial charge on any atom is -0.362 e. The third-order valence-corrected chi connectivity index (χ3v) is 7.53. The molecule has 2 amide bonds. The van der Waals surface area contributed by atoms with Crippen molar-refractivity contribution in [3.05, 3.63) is 99.5 Å². The zero-order valence-electron chi connectivity index (χ0n) is 18.1. The molecule has 0 saturated heterocycles. The van der Waals surface area contributed by atoms with Crippen LogP contribution in [-0.2, 0) is 29.0 Å². The van der Waals surface area contributed by atoms with E-state index in [1.54, 1.807) is 0 Å². The molecule has 0 radical (unpaired) electrons. The van der Waals surface area contributed by atoms with Gasteiger partial charge in [0.1, 0.15) is 5.70 Å². The maximum absolute atomic E-state index is 13.7. The van der Waals surface area contributed by atoms with Crippen molar-refractivity contribution in [1.29, 1.82) is 0 Å². The van der Waals surface area contributed by atoms with E-state index >= 15 is 0 Å². The summed E-state index contributed by atoms with van der Waals surface area (Å²) in [6, 6.07) is 20.3. The Balaban J connectivity index is 1.31. The highest BCUT2D eigenvalue weighted by Gasteiger charge is 2.42. The van der Waals surface area contributed by atoms with Crippen LogP contribution in [0, 0.1) is 0 Å². The summed E-state index contributed by atoms with van der Waals surface area (Å²) in [5.74, 6) is -0.362. The van der Waals surface area contributed by atoms with Crippen LogP contribution in [0.15, 0.2) is 77.9 Å². The molecule has 2 aromatic heterocycles. The van der Waals surface area contributed by atoms with Crippen LogP contribution in [0.1, 0.15) is 21.6 Å². The molecule has 0 spiro atoms. The first-order valence-corrected chi connectivity index (χ1v) is 12.1. The van der Waals surface area contributed by atoms with Crippen LogP contribution in [0.3, 0.4) is 0 Å². The maximum atomic E-state index is 13.7. The summed E-state index contributed by atoms with van der Waals surface area (Å²) in [5, 5.41) is 3.09. The number of nitrogens with zero attached hydrogens (tertiary/aromatic N) is 2. The molecule has 2 aliphatic rings. The van der Waals surface area contributed by atoms with Gasteiger partial charge in [-0.3, -0.25) is 14.5 Å². The van der Waals surface area contributed by atoms with E-state index in [2.05, 4.69) is 34.1 Å². The van der Waals surface area contributed by atoms with E-state index < -0.39 is 0 Å². The van der Waals surface area contributed by atoms with Gasteiger partial charge in [0.05, 0.1) is 5.57 Å². The summed E-state index contributed by atoms with van der Waals surface area (Å²) in [6.45, 7) is 1.74. The van der Waals surface area contributed by atoms with Gasteiger partial charge in [-0.2, -0.15) is 0 Å². The second kappa shape index (κ2) is 8.05. The number of carbonyl (C=O) groups excluding carboxylic acids is 2. The third-order valence-electron chi connectivity index (χ3n) is 6.64. The van der Waals surface area contributed by atoms with E-state index in [9.17, 15) is 9.59 Å². The quantitative estimate of drug-likeness (QED) is 0.449. The van der Waals surface area contributed by atoms with E-state index in [4.69, 9.17) is 0 Å². The molecule has 0 atom stereocenters. The van der Waals surface area contributed by atoms with Gasteiger partial charge in [-0.25, -0.2) is 0 Å². The number of thiophene rings is 1. The van der Waals surface area contributed by atoms with Crippen molar-refractivity contribution in [1.82, 2.24) is 14.8 Å². The maximum Gasteiger partial charge on any atom is 0.277 e. The van der Waals surface area contributed by atoms with E-state index in [0.717, 1.165) is 34.3 Å². The molecule has 0 bridgehead atoms. The van der Waals surface area contributed by atoms with E-state index in [1.165, 1.54) is 27.4 Å². The molecular formula is C27H23N3O2S. The largest absolute Gasteiger partial charge is 0.362 e. The Labute approximate surface area is 196 Å². The molecule has 164 valence electrons. The van der Waals surface area contributed by atoms with Crippen molar-refractivity contribution in [2.24, 2.45) is 0 Å². The predicted octanol–water partition coefficient (Wildman–Crippen LogP) is 4.61. The van der Waals surface area contributed by atoms with Gasteiger partial charge >= 0.3 is 0 Å². The molecule has 6 heteroatoms. The average molecular weight is 454 g/mol. The van der Waals surface area contributed by atoms with E-state index in [-0.39, 0.29) is 11.8 Å². The molecule has 0 fully saturated rings. The molecule has 1 N–H and O–H groups in total. The van der Waals surface area contributed by atoms with Gasteiger partial charge < -0.3 is 9.88 Å². The summed E-state index contributed by atoms with van der Waals surface area (Å²) >= 11 is 1.51. The van der Waals surface area contributed by atoms with Crippen molar-refractivity contribution in [3.8, 4) is 0 Å². The van der Waals surface area contributed by atoms with Crippen molar-refractivity contribution in [2.75, 3.05) is 13.1 Å². The van der Waals surface area contributed by atoms with Crippen molar-refractivity contribution in [2.45, 2.75) is 19.4 Å². The predicted molar refractivity (Wildman–Crippen MR) is 131 cm³/mol. The fraction of sp³-hybridized carbons (Fsp3) is 0.185. The lowest BCUT2D eigenvalue weighted by molar-refractivity contribution is -0.137. The minimum atomic E-state index is -0.184. The van der Waals surface area contributed by atoms with Crippen molar-refractivity contribution >= 4 is 39.6 Å². The number of hydrogen-bond acceptors (Lipinski definition) is 4. The standard InChI is InChI=1S/C27H23N3O2S/c31-26-24(23-10-5-15-33-23)25(29-13-11-18-6-1-2-7-20(18)17-29)27(32)30(26)14-12-19-16-28-22-9-4-3-8-21(19)22/h1-10,15-16,28H,11-14,17H2. The van der Waals surface area contributed by atoms with Gasteiger partial charge in [-0.1, -0.05) is 48.5 Å². The number of aromatic nitrogens is 1. The molecule has 0 aliphatic carbocycles. The number of benzene rings is 2. The van der Waals surface area contributed by atoms with Crippen molar-refractivity contribution in [3.63, 3.8) is 0 Å². The summed E-state index contributed by atoms with van der Waals surface area (Å²) in [4.78, 5) is 34.9. The molecule has 0 saturated carbocycles. The number of aromatic amines is 1. The summed E-state index contributed by atoms with van der Waals surface area (Å²) < 4.78 is 0. The van der Waals surface area contributed by atoms with Crippen LogP contribution in [0.2, 0.25) is 0 Å². The molecule has 6 rings (SSSR count). The lowest BCUT2D eigenvalue weighted by atomic mass is 9.99. The van der Waals surface area contributed by atoms with E-state index in [1.807, 2.05) is 48.0 Å². The van der Waals surface area contributed by atoms with Crippen LogP contribution in [0.4, 0.5) is 0 Å². The van der Waals surface area contributed by atoms with Gasteiger partial charge in [0.15, 0.2) is 0 Å². The molecular weight excluding hydrogens is 430 g/mol. The molecule has 0 unspecified atom stereocenters. The number of hydrogen-bond donors (Lipinski definition) is 1. The fourth-order valence-corrected chi connectivity index (χ4v) is 5.72. The summed E-state index contributed by atoms with van der Waals surface area (Å²) in [7, 11) is 0. The van der Waals surface area contributed by atoms with Gasteiger partial charge in [0, 0.05) is 41.6 Å². The first-order valence-electron chi connectivity index (χ1n) is 11.2. The highest BCUT2D eigenvalue weighted by atomic mass is 32.1. The third kappa shape index (κ3) is 3.38. The van der Waals surface area contributed by atoms with Gasteiger partial charge in [-0.15, -0.1) is 11.3 Å². The number of nitrogens with one attached hydrogen (secondary N) is 1. The summed E-state index contributed by atoms with van der Waals surface area (Å²) in [6.07, 6.45) is 3.47. The lowest BCUT2D eigenvalue weighted by Gasteiger charge is -2.31. The number of rotatable bonds is 5. The second-order valence-electron chi connectivity index (χ2n) is 8.51. The van der Waals surface area contributed by atoms with E-state index in [0.29, 0.717) is 30.8 Å². The average Bonchev–Trinajstić information content (AvgIpc) is 3.57. The molecule has 2 aromatic carbocycles. The van der Waals surface area contributed by atoms with Crippen LogP contribution in [0.25, 0.3) is 16.5 Å². The van der Waals surface area contributed by atoms with Gasteiger partial charge in [-0.05, 0) is 47.0 Å². The first-order chi connectivity index (χ1) is 16.2. The van der Waals surface area contributed by atoms with Crippen LogP contribution < -0.4 is 0 Å². The highest BCUT2D eigenvalue weighted by Crippen LogP contribution is 2.36. The Morgan fingerprint density at radius 3 is 2.58 bits per heavy atom. The number of H-pyrrole nitrogens is 1. The van der Waals surface area contributed by atoms with Crippen LogP contribution in [-0.4, -0.2) is 39.7 Å². The lowest BCUT2D eigenvalue weighted by Crippen LogP contribution is -2.38. The smallest absolute Gasteiger partial charge is 0.277 e. The minimum absolute atomic E-state index is 0.178. The number of carbonyl (C=O) groups is 2. The Morgan fingerprint density at radius 1 is 0.909 bits per heavy atom. The molecule has 33 heavy (non-hydrogen) atoms. The Hall–Kier alpha value is -3.64. The Bertz CT molecular complexity index is 1400. The number of imide groups is 1. The van der Waals surface area contributed by atoms with Crippen LogP contribution >= 0.6 is 11.3 Å². The second-order valence-corrected chi connectivity index (χ2v) is 9.46. The zero-order valence-corrected chi connectivity index (χ0v) is 18.9. The summed E-state index contributed by atoms with van der Waals surface area (Å²) in [5.41, 5.74) is 5.82. The normalized spacial score (nSPS) is 16.2. The molecule has 4 aromatic rings. The molecule has 5 nitrogen and oxygen atoms in total. The number of amides is 2. The number of para-hydroxylation sites is 1. The monoisotopic (exact) mass is 453 g/mol. The first kappa shape index (κ1) is 20.0. The number of fused-ring (bicyclic) bond motifs is 2. The highest BCUT2D eigenvalue weighted by molar-refractivity contribution is 7.11. The van der Waals surface area contributed by atoms with Crippen molar-refractivity contribution < 1.29 is 9.59 Å². The molecule has 2 aliphatic heterocycles. The topological polar surface area (TPSA) is 56.4 Å². The molecule has 4 heterocycles. The fourth-order valence-electron chi connectivity index (χ4n) is 4.96. The Kier molecular flexibility index (Phi) is 4.88. The Morgan fingerprint density at radius 2 is 1.73 bits per heavy atom. The van der Waals surface area contributed by atoms with Gasteiger partial charge in [0.2, 0.25) is 0 Å². The van der Waals surface area contributed by atoms with Crippen LogP contribution in [0.5, 0.6) is 0 Å².